The van der Waals surface area contributed by atoms with Crippen molar-refractivity contribution in [1.82, 2.24) is 0 Å². The van der Waals surface area contributed by atoms with Gasteiger partial charge in [-0.3, -0.25) is 0 Å². The fourth-order valence-electron chi connectivity index (χ4n) is 2.63. The molecule has 1 aliphatic rings. The molecule has 0 spiro atoms. The van der Waals surface area contributed by atoms with Crippen LogP contribution < -0.4 is 4.90 Å². The smallest absolute Gasteiger partial charge is 0.0446 e. The lowest BCUT2D eigenvalue weighted by Crippen LogP contribution is -2.23. The Labute approximate surface area is 116 Å². The average Bonchev–Trinajstić information content (AvgIpc) is 2.34. The van der Waals surface area contributed by atoms with Crippen molar-refractivity contribution in [3.8, 4) is 0 Å². The number of nitrogens with zero attached hydrogens (tertiary/aromatic N) is 1. The molecule has 0 radical (unpaired) electrons. The number of fused-ring (bicyclic) bond motifs is 1. The highest BCUT2D eigenvalue weighted by atomic mass is 15.1. The van der Waals surface area contributed by atoms with Gasteiger partial charge in [-0.2, -0.15) is 0 Å². The van der Waals surface area contributed by atoms with Gasteiger partial charge < -0.3 is 4.90 Å². The Morgan fingerprint density at radius 3 is 2.63 bits per heavy atom. The molecule has 0 N–H and O–H groups in total. The Hall–Kier alpha value is -1.76. The lowest BCUT2D eigenvalue weighted by atomic mass is 9.93. The summed E-state index contributed by atoms with van der Waals surface area (Å²) in [5.41, 5.74) is 8.11. The second-order valence-electron chi connectivity index (χ2n) is 5.50. The Balaban J connectivity index is 2.56. The summed E-state index contributed by atoms with van der Waals surface area (Å²) < 4.78 is 0. The molecular weight excluding hydrogens is 230 g/mol. The van der Waals surface area contributed by atoms with Gasteiger partial charge in [-0.25, -0.2) is 0 Å². The Bertz CT molecular complexity index is 569. The molecule has 1 aliphatic heterocycles. The predicted molar refractivity (Wildman–Crippen MR) is 84.6 cm³/mol. The molecule has 1 heteroatoms. The molecule has 1 nitrogen and oxygen atoms in total. The third kappa shape index (κ3) is 2.81. The van der Waals surface area contributed by atoms with Crippen LogP contribution in [0.25, 0.3) is 0 Å². The number of likely N-dealkylation sites (N-methyl/N-ethyl adjacent to an activating group) is 1. The fraction of sp³-hybridized carbons (Fsp3) is 0.333. The summed E-state index contributed by atoms with van der Waals surface area (Å²) in [6.45, 7) is 8.54. The maximum atomic E-state index is 2.31. The second kappa shape index (κ2) is 5.48. The normalized spacial score (nSPS) is 14.9. The van der Waals surface area contributed by atoms with Crippen molar-refractivity contribution < 1.29 is 0 Å². The van der Waals surface area contributed by atoms with E-state index in [0.29, 0.717) is 0 Å². The molecule has 1 heterocycles. The predicted octanol–water partition coefficient (Wildman–Crippen LogP) is 4.78. The number of hydrogen-bond acceptors (Lipinski definition) is 1. The SMILES string of the molecule is CC=CC1=C(C=C(C)C)Cc2ccc(C)cc2N1C. The van der Waals surface area contributed by atoms with Crippen LogP contribution in [-0.4, -0.2) is 7.05 Å². The summed E-state index contributed by atoms with van der Waals surface area (Å²) in [7, 11) is 2.16. The highest BCUT2D eigenvalue weighted by Gasteiger charge is 2.19. The minimum atomic E-state index is 1.02. The average molecular weight is 253 g/mol. The zero-order valence-electron chi connectivity index (χ0n) is 12.6. The van der Waals surface area contributed by atoms with Gasteiger partial charge in [0.25, 0.3) is 0 Å². The molecule has 2 rings (SSSR count). The number of allylic oxidation sites excluding steroid dienone is 5. The van der Waals surface area contributed by atoms with E-state index in [4.69, 9.17) is 0 Å². The Morgan fingerprint density at radius 2 is 2.00 bits per heavy atom. The minimum Gasteiger partial charge on any atom is -0.344 e. The van der Waals surface area contributed by atoms with E-state index in [1.54, 1.807) is 0 Å². The molecule has 0 aliphatic carbocycles. The fourth-order valence-corrected chi connectivity index (χ4v) is 2.63. The van der Waals surface area contributed by atoms with E-state index in [0.717, 1.165) is 6.42 Å². The van der Waals surface area contributed by atoms with Crippen LogP contribution in [0.1, 0.15) is 31.9 Å². The molecule has 0 bridgehead atoms. The monoisotopic (exact) mass is 253 g/mol. The van der Waals surface area contributed by atoms with Crippen molar-refractivity contribution in [2.45, 2.75) is 34.1 Å². The minimum absolute atomic E-state index is 1.02. The van der Waals surface area contributed by atoms with Crippen LogP contribution in [0.2, 0.25) is 0 Å². The van der Waals surface area contributed by atoms with Gasteiger partial charge in [0.2, 0.25) is 0 Å². The van der Waals surface area contributed by atoms with Crippen molar-refractivity contribution in [2.24, 2.45) is 0 Å². The third-order valence-electron chi connectivity index (χ3n) is 3.46. The number of hydrogen-bond donors (Lipinski definition) is 0. The quantitative estimate of drug-likeness (QED) is 0.733. The Kier molecular flexibility index (Phi) is 3.94. The molecule has 0 amide bonds. The first-order chi connectivity index (χ1) is 9.02. The zero-order valence-corrected chi connectivity index (χ0v) is 12.6. The maximum absolute atomic E-state index is 2.31. The van der Waals surface area contributed by atoms with E-state index in [9.17, 15) is 0 Å². The summed E-state index contributed by atoms with van der Waals surface area (Å²) in [5, 5.41) is 0. The molecule has 100 valence electrons. The molecule has 0 unspecified atom stereocenters. The first-order valence-electron chi connectivity index (χ1n) is 6.87. The standard InChI is InChI=1S/C18H23N/c1-6-7-17-16(10-13(2)3)12-15-9-8-14(4)11-18(15)19(17)5/h6-11H,12H2,1-5H3. The maximum Gasteiger partial charge on any atom is 0.0446 e. The van der Waals surface area contributed by atoms with Gasteiger partial charge in [-0.15, -0.1) is 0 Å². The molecule has 1 aromatic rings. The van der Waals surface area contributed by atoms with Gasteiger partial charge in [0, 0.05) is 24.9 Å². The molecule has 1 aromatic carbocycles. The van der Waals surface area contributed by atoms with Crippen molar-refractivity contribution in [1.29, 1.82) is 0 Å². The van der Waals surface area contributed by atoms with E-state index >= 15 is 0 Å². The summed E-state index contributed by atoms with van der Waals surface area (Å²) in [6.07, 6.45) is 7.64. The van der Waals surface area contributed by atoms with E-state index in [2.05, 4.69) is 76.1 Å². The van der Waals surface area contributed by atoms with E-state index in [-0.39, 0.29) is 0 Å². The van der Waals surface area contributed by atoms with E-state index < -0.39 is 0 Å². The third-order valence-corrected chi connectivity index (χ3v) is 3.46. The highest BCUT2D eigenvalue weighted by molar-refractivity contribution is 5.66. The summed E-state index contributed by atoms with van der Waals surface area (Å²) in [6, 6.07) is 6.73. The van der Waals surface area contributed by atoms with Crippen LogP contribution in [0.4, 0.5) is 5.69 Å². The summed E-state index contributed by atoms with van der Waals surface area (Å²) >= 11 is 0. The molecule has 0 fully saturated rings. The number of benzene rings is 1. The first-order valence-corrected chi connectivity index (χ1v) is 6.87. The lowest BCUT2D eigenvalue weighted by Gasteiger charge is -2.31. The van der Waals surface area contributed by atoms with Gasteiger partial charge in [0.05, 0.1) is 0 Å². The molecule has 0 atom stereocenters. The number of aryl methyl sites for hydroxylation is 1. The summed E-state index contributed by atoms with van der Waals surface area (Å²) in [5.74, 6) is 0. The number of rotatable bonds is 2. The van der Waals surface area contributed by atoms with Crippen molar-refractivity contribution in [2.75, 3.05) is 11.9 Å². The lowest BCUT2D eigenvalue weighted by molar-refractivity contribution is 0.996. The number of anilines is 1. The van der Waals surface area contributed by atoms with Crippen LogP contribution in [0, 0.1) is 6.92 Å². The van der Waals surface area contributed by atoms with Crippen molar-refractivity contribution >= 4 is 5.69 Å². The van der Waals surface area contributed by atoms with Gasteiger partial charge in [-0.1, -0.05) is 29.9 Å². The van der Waals surface area contributed by atoms with Crippen molar-refractivity contribution in [3.05, 3.63) is 64.4 Å². The molecule has 19 heavy (non-hydrogen) atoms. The van der Waals surface area contributed by atoms with Gasteiger partial charge in [-0.05, 0) is 56.5 Å². The van der Waals surface area contributed by atoms with E-state index in [1.807, 2.05) is 0 Å². The molecule has 0 saturated heterocycles. The second-order valence-corrected chi connectivity index (χ2v) is 5.50. The first kappa shape index (κ1) is 13.7. The largest absolute Gasteiger partial charge is 0.344 e. The van der Waals surface area contributed by atoms with Gasteiger partial charge in [0.1, 0.15) is 0 Å². The highest BCUT2D eigenvalue weighted by Crippen LogP contribution is 2.34. The zero-order chi connectivity index (χ0) is 14.0. The molecule has 0 aromatic heterocycles. The van der Waals surface area contributed by atoms with Gasteiger partial charge >= 0.3 is 0 Å². The van der Waals surface area contributed by atoms with Crippen LogP contribution in [0.3, 0.4) is 0 Å². The molecule has 0 saturated carbocycles. The summed E-state index contributed by atoms with van der Waals surface area (Å²) in [4.78, 5) is 2.31. The van der Waals surface area contributed by atoms with Crippen LogP contribution in [0.5, 0.6) is 0 Å². The van der Waals surface area contributed by atoms with Gasteiger partial charge in [0.15, 0.2) is 0 Å². The van der Waals surface area contributed by atoms with Crippen LogP contribution in [-0.2, 0) is 6.42 Å². The molecular formula is C18H23N. The van der Waals surface area contributed by atoms with Crippen LogP contribution >= 0.6 is 0 Å². The van der Waals surface area contributed by atoms with Crippen molar-refractivity contribution in [3.63, 3.8) is 0 Å². The Morgan fingerprint density at radius 1 is 1.26 bits per heavy atom. The van der Waals surface area contributed by atoms with E-state index in [1.165, 1.54) is 33.7 Å². The topological polar surface area (TPSA) is 3.24 Å². The van der Waals surface area contributed by atoms with Crippen LogP contribution in [0.15, 0.2) is 53.3 Å².